The van der Waals surface area contributed by atoms with Gasteiger partial charge in [0.25, 0.3) is 5.56 Å². The Balaban J connectivity index is 1.93. The fraction of sp³-hybridized carbons (Fsp3) is 0.222. The smallest absolute Gasteiger partial charge is 0.342 e. The first-order chi connectivity index (χ1) is 13.3. The summed E-state index contributed by atoms with van der Waals surface area (Å²) in [5.41, 5.74) is -0.856. The second-order valence-corrected chi connectivity index (χ2v) is 6.22. The van der Waals surface area contributed by atoms with E-state index in [-0.39, 0.29) is 39.7 Å². The molecule has 0 bridgehead atoms. The number of furan rings is 1. The van der Waals surface area contributed by atoms with E-state index in [1.54, 1.807) is 6.92 Å². The number of benzene rings is 1. The number of nitrogens with zero attached hydrogens (tertiary/aromatic N) is 2. The molecule has 3 rings (SSSR count). The lowest BCUT2D eigenvalue weighted by molar-refractivity contribution is -0.116. The molecule has 1 amide bonds. The Morgan fingerprint density at radius 1 is 1.39 bits per heavy atom. The molecule has 2 heterocycles. The number of amides is 1. The number of ether oxygens (including phenoxy) is 1. The van der Waals surface area contributed by atoms with Crippen molar-refractivity contribution in [2.45, 2.75) is 20.4 Å². The molecule has 0 aliphatic heterocycles. The number of aromatic nitrogens is 2. The molecule has 0 unspecified atom stereocenters. The van der Waals surface area contributed by atoms with Gasteiger partial charge in [0.2, 0.25) is 11.6 Å². The average Bonchev–Trinajstić information content (AvgIpc) is 2.97. The highest BCUT2D eigenvalue weighted by Gasteiger charge is 2.24. The zero-order valence-electron chi connectivity index (χ0n) is 14.9. The summed E-state index contributed by atoms with van der Waals surface area (Å²) in [4.78, 5) is 41.1. The molecule has 0 spiro atoms. The van der Waals surface area contributed by atoms with Crippen molar-refractivity contribution in [2.24, 2.45) is 0 Å². The number of halogens is 2. The van der Waals surface area contributed by atoms with Crippen LogP contribution in [0.5, 0.6) is 0 Å². The standard InChI is InChI=1S/C18H15ClFN3O5/c1-3-27-18(26)14-9(2)28-16-15(14)17(25)23(8-21-16)7-13(24)22-12-6-10(19)4-5-11(12)20/h4-6,8H,3,7H2,1-2H3,(H,22,24). The molecule has 0 radical (unpaired) electrons. The van der Waals surface area contributed by atoms with Gasteiger partial charge in [-0.05, 0) is 32.0 Å². The molecular formula is C18H15ClFN3O5. The Labute approximate surface area is 162 Å². The van der Waals surface area contributed by atoms with Crippen LogP contribution in [0.3, 0.4) is 0 Å². The molecule has 8 nitrogen and oxygen atoms in total. The number of fused-ring (bicyclic) bond motifs is 1. The van der Waals surface area contributed by atoms with Crippen molar-refractivity contribution in [2.75, 3.05) is 11.9 Å². The predicted octanol–water partition coefficient (Wildman–Crippen LogP) is 2.91. The van der Waals surface area contributed by atoms with Crippen LogP contribution >= 0.6 is 11.6 Å². The summed E-state index contributed by atoms with van der Waals surface area (Å²) in [6, 6.07) is 3.70. The number of esters is 1. The second-order valence-electron chi connectivity index (χ2n) is 5.78. The predicted molar refractivity (Wildman–Crippen MR) is 99.0 cm³/mol. The maximum atomic E-state index is 13.8. The molecule has 146 valence electrons. The van der Waals surface area contributed by atoms with Crippen LogP contribution in [0.4, 0.5) is 10.1 Å². The van der Waals surface area contributed by atoms with Gasteiger partial charge in [-0.15, -0.1) is 0 Å². The third-order valence-electron chi connectivity index (χ3n) is 3.85. The number of carbonyl (C=O) groups is 2. The highest BCUT2D eigenvalue weighted by atomic mass is 35.5. The molecule has 2 aromatic heterocycles. The Bertz CT molecular complexity index is 1140. The molecule has 0 saturated carbocycles. The lowest BCUT2D eigenvalue weighted by atomic mass is 10.2. The Kier molecular flexibility index (Phi) is 5.46. The van der Waals surface area contributed by atoms with Gasteiger partial charge in [0.15, 0.2) is 0 Å². The summed E-state index contributed by atoms with van der Waals surface area (Å²) in [5, 5.41) is 2.49. The highest BCUT2D eigenvalue weighted by molar-refractivity contribution is 6.30. The minimum atomic E-state index is -0.721. The minimum Gasteiger partial charge on any atom is -0.462 e. The van der Waals surface area contributed by atoms with Crippen LogP contribution in [-0.4, -0.2) is 28.0 Å². The molecule has 1 N–H and O–H groups in total. The summed E-state index contributed by atoms with van der Waals surface area (Å²) < 4.78 is 25.0. The largest absolute Gasteiger partial charge is 0.462 e. The number of carbonyl (C=O) groups excluding carboxylic acids is 2. The molecule has 0 aliphatic rings. The molecular weight excluding hydrogens is 393 g/mol. The van der Waals surface area contributed by atoms with Gasteiger partial charge in [0.05, 0.1) is 12.3 Å². The molecule has 1 aromatic carbocycles. The molecule has 0 atom stereocenters. The van der Waals surface area contributed by atoms with Gasteiger partial charge in [-0.1, -0.05) is 11.6 Å². The van der Waals surface area contributed by atoms with E-state index < -0.39 is 29.8 Å². The van der Waals surface area contributed by atoms with Crippen LogP contribution in [-0.2, 0) is 16.1 Å². The topological polar surface area (TPSA) is 103 Å². The van der Waals surface area contributed by atoms with Crippen molar-refractivity contribution in [3.63, 3.8) is 0 Å². The van der Waals surface area contributed by atoms with Crippen LogP contribution in [0, 0.1) is 12.7 Å². The fourth-order valence-electron chi connectivity index (χ4n) is 2.64. The minimum absolute atomic E-state index is 0.0370. The Morgan fingerprint density at radius 2 is 2.14 bits per heavy atom. The van der Waals surface area contributed by atoms with Crippen LogP contribution in [0.15, 0.2) is 33.7 Å². The van der Waals surface area contributed by atoms with Crippen molar-refractivity contribution in [3.8, 4) is 0 Å². The first kappa shape index (κ1) is 19.6. The molecule has 0 aliphatic carbocycles. The maximum Gasteiger partial charge on any atom is 0.342 e. The first-order valence-corrected chi connectivity index (χ1v) is 8.60. The van der Waals surface area contributed by atoms with Crippen molar-refractivity contribution < 1.29 is 23.1 Å². The second kappa shape index (κ2) is 7.81. The third kappa shape index (κ3) is 3.74. The van der Waals surface area contributed by atoms with Gasteiger partial charge >= 0.3 is 5.97 Å². The van der Waals surface area contributed by atoms with Gasteiger partial charge in [-0.3, -0.25) is 14.2 Å². The quantitative estimate of drug-likeness (QED) is 0.652. The zero-order chi connectivity index (χ0) is 20.4. The van der Waals surface area contributed by atoms with E-state index >= 15 is 0 Å². The lowest BCUT2D eigenvalue weighted by Crippen LogP contribution is -2.28. The monoisotopic (exact) mass is 407 g/mol. The van der Waals surface area contributed by atoms with Crippen LogP contribution in [0.25, 0.3) is 11.1 Å². The Hall–Kier alpha value is -3.20. The molecule has 10 heteroatoms. The van der Waals surface area contributed by atoms with Gasteiger partial charge in [-0.2, -0.15) is 0 Å². The summed E-state index contributed by atoms with van der Waals surface area (Å²) in [6.07, 6.45) is 1.11. The van der Waals surface area contributed by atoms with E-state index in [4.69, 9.17) is 20.8 Å². The van der Waals surface area contributed by atoms with Crippen molar-refractivity contribution >= 4 is 40.3 Å². The van der Waals surface area contributed by atoms with Crippen molar-refractivity contribution in [1.82, 2.24) is 9.55 Å². The van der Waals surface area contributed by atoms with Gasteiger partial charge in [0.1, 0.15) is 35.4 Å². The normalized spacial score (nSPS) is 10.9. The summed E-state index contributed by atoms with van der Waals surface area (Å²) in [7, 11) is 0. The van der Waals surface area contributed by atoms with Crippen molar-refractivity contribution in [3.05, 3.63) is 57.0 Å². The molecule has 0 fully saturated rings. The third-order valence-corrected chi connectivity index (χ3v) is 4.09. The lowest BCUT2D eigenvalue weighted by Gasteiger charge is -2.08. The number of anilines is 1. The molecule has 3 aromatic rings. The van der Waals surface area contributed by atoms with Crippen LogP contribution in [0.2, 0.25) is 5.02 Å². The maximum absolute atomic E-state index is 13.8. The van der Waals surface area contributed by atoms with E-state index in [1.807, 2.05) is 0 Å². The van der Waals surface area contributed by atoms with Crippen LogP contribution < -0.4 is 10.9 Å². The van der Waals surface area contributed by atoms with E-state index in [2.05, 4.69) is 10.3 Å². The van der Waals surface area contributed by atoms with E-state index in [0.717, 1.165) is 17.0 Å². The highest BCUT2D eigenvalue weighted by Crippen LogP contribution is 2.22. The van der Waals surface area contributed by atoms with Gasteiger partial charge in [-0.25, -0.2) is 14.2 Å². The first-order valence-electron chi connectivity index (χ1n) is 8.22. The van der Waals surface area contributed by atoms with Crippen molar-refractivity contribution in [1.29, 1.82) is 0 Å². The molecule has 28 heavy (non-hydrogen) atoms. The number of aryl methyl sites for hydroxylation is 1. The van der Waals surface area contributed by atoms with Crippen LogP contribution in [0.1, 0.15) is 23.0 Å². The van der Waals surface area contributed by atoms with Gasteiger partial charge in [0, 0.05) is 5.02 Å². The van der Waals surface area contributed by atoms with E-state index in [0.29, 0.717) is 0 Å². The number of nitrogens with one attached hydrogen (secondary N) is 1. The number of hydrogen-bond acceptors (Lipinski definition) is 6. The average molecular weight is 408 g/mol. The van der Waals surface area contributed by atoms with E-state index in [1.165, 1.54) is 19.1 Å². The van der Waals surface area contributed by atoms with Gasteiger partial charge < -0.3 is 14.5 Å². The summed E-state index contributed by atoms with van der Waals surface area (Å²) in [5.74, 6) is -1.89. The number of hydrogen-bond donors (Lipinski definition) is 1. The summed E-state index contributed by atoms with van der Waals surface area (Å²) in [6.45, 7) is 2.80. The van der Waals surface area contributed by atoms with E-state index in [9.17, 15) is 18.8 Å². The fourth-order valence-corrected chi connectivity index (χ4v) is 2.81. The molecule has 0 saturated heterocycles. The Morgan fingerprint density at radius 3 is 2.86 bits per heavy atom. The number of rotatable bonds is 5. The SMILES string of the molecule is CCOC(=O)c1c(C)oc2ncn(CC(=O)Nc3cc(Cl)ccc3F)c(=O)c12. The summed E-state index contributed by atoms with van der Waals surface area (Å²) >= 11 is 5.79. The zero-order valence-corrected chi connectivity index (χ0v) is 15.7.